The predicted octanol–water partition coefficient (Wildman–Crippen LogP) is 5.28. The number of piperidine rings is 1. The molecule has 1 aliphatic heterocycles. The van der Waals surface area contributed by atoms with E-state index in [4.69, 9.17) is 0 Å². The first kappa shape index (κ1) is 25.7. The molecule has 0 bridgehead atoms. The quantitative estimate of drug-likeness (QED) is 0.398. The van der Waals surface area contributed by atoms with Crippen molar-refractivity contribution in [3.05, 3.63) is 65.5 Å². The summed E-state index contributed by atoms with van der Waals surface area (Å²) in [6, 6.07) is 15.0. The normalized spacial score (nSPS) is 22.7. The number of nitrogens with zero attached hydrogens (tertiary/aromatic N) is 5. The van der Waals surface area contributed by atoms with Crippen LogP contribution in [0.25, 0.3) is 11.4 Å². The smallest absolute Gasteiger partial charge is 0.182 e. The van der Waals surface area contributed by atoms with Gasteiger partial charge in [-0.2, -0.15) is 0 Å². The summed E-state index contributed by atoms with van der Waals surface area (Å²) in [6.07, 6.45) is 9.42. The number of tetrazole rings is 1. The molecule has 2 aliphatic rings. The summed E-state index contributed by atoms with van der Waals surface area (Å²) in [4.78, 5) is 15.9. The monoisotopic (exact) mass is 503 g/mol. The third kappa shape index (κ3) is 6.69. The van der Waals surface area contributed by atoms with Gasteiger partial charge in [0.25, 0.3) is 0 Å². The van der Waals surface area contributed by atoms with Crippen molar-refractivity contribution in [1.29, 1.82) is 0 Å². The van der Waals surface area contributed by atoms with Crippen LogP contribution in [-0.2, 0) is 24.7 Å². The number of likely N-dealkylation sites (tertiary alicyclic amines) is 1. The highest BCUT2D eigenvalue weighted by Crippen LogP contribution is 2.35. The van der Waals surface area contributed by atoms with Crippen LogP contribution in [-0.4, -0.2) is 50.5 Å². The first-order valence-corrected chi connectivity index (χ1v) is 13.8. The van der Waals surface area contributed by atoms with Crippen molar-refractivity contribution in [3.8, 4) is 11.4 Å². The second kappa shape index (κ2) is 12.1. The molecular weight excluding hydrogens is 465 g/mol. The van der Waals surface area contributed by atoms with Crippen molar-refractivity contribution < 1.29 is 9.18 Å². The SMILES string of the molecule is Cn1nnnc1-c1ccccc1CC(=O)C[C@@H]1CCCC[C@H]1CN1CCC[C@@H](Cc2ccc(F)cc2)C1. The molecule has 7 heteroatoms. The number of carbonyl (C=O) groups excluding carboxylic acids is 1. The molecule has 2 heterocycles. The van der Waals surface area contributed by atoms with Gasteiger partial charge in [0.15, 0.2) is 5.82 Å². The summed E-state index contributed by atoms with van der Waals surface area (Å²) in [5, 5.41) is 11.9. The van der Waals surface area contributed by atoms with Gasteiger partial charge in [0.1, 0.15) is 11.6 Å². The van der Waals surface area contributed by atoms with Crippen LogP contribution in [0.4, 0.5) is 4.39 Å². The molecule has 0 spiro atoms. The molecule has 6 nitrogen and oxygen atoms in total. The van der Waals surface area contributed by atoms with Gasteiger partial charge in [-0.1, -0.05) is 49.2 Å². The average Bonchev–Trinajstić information content (AvgIpc) is 3.33. The van der Waals surface area contributed by atoms with Crippen molar-refractivity contribution in [2.45, 2.75) is 57.8 Å². The minimum absolute atomic E-state index is 0.166. The van der Waals surface area contributed by atoms with E-state index in [2.05, 4.69) is 20.4 Å². The highest BCUT2D eigenvalue weighted by Gasteiger charge is 2.30. The lowest BCUT2D eigenvalue weighted by molar-refractivity contribution is -0.120. The number of rotatable bonds is 9. The number of hydrogen-bond donors (Lipinski definition) is 0. The van der Waals surface area contributed by atoms with E-state index < -0.39 is 0 Å². The van der Waals surface area contributed by atoms with Gasteiger partial charge in [0.05, 0.1) is 0 Å². The van der Waals surface area contributed by atoms with Gasteiger partial charge in [0, 0.05) is 38.5 Å². The molecule has 3 atom stereocenters. The Kier molecular flexibility index (Phi) is 8.39. The van der Waals surface area contributed by atoms with Crippen LogP contribution in [0.1, 0.15) is 56.1 Å². The third-order valence-electron chi connectivity index (χ3n) is 8.36. The summed E-state index contributed by atoms with van der Waals surface area (Å²) in [7, 11) is 1.82. The number of aryl methyl sites for hydroxylation is 1. The maximum Gasteiger partial charge on any atom is 0.182 e. The highest BCUT2D eigenvalue weighted by atomic mass is 19.1. The summed E-state index contributed by atoms with van der Waals surface area (Å²) >= 11 is 0. The minimum atomic E-state index is -0.166. The summed E-state index contributed by atoms with van der Waals surface area (Å²) < 4.78 is 15.0. The molecule has 0 unspecified atom stereocenters. The molecule has 1 aromatic heterocycles. The maximum atomic E-state index is 13.3. The number of ketones is 1. The molecule has 1 saturated carbocycles. The molecule has 2 aromatic carbocycles. The Morgan fingerprint density at radius 1 is 1.00 bits per heavy atom. The van der Waals surface area contributed by atoms with Crippen molar-refractivity contribution in [3.63, 3.8) is 0 Å². The number of carbonyl (C=O) groups is 1. The lowest BCUT2D eigenvalue weighted by Gasteiger charge is -2.39. The van der Waals surface area contributed by atoms with E-state index in [0.717, 1.165) is 43.6 Å². The fraction of sp³-hybridized carbons (Fsp3) is 0.533. The number of benzene rings is 2. The van der Waals surface area contributed by atoms with Crippen LogP contribution in [0.15, 0.2) is 48.5 Å². The predicted molar refractivity (Wildman–Crippen MR) is 142 cm³/mol. The molecule has 37 heavy (non-hydrogen) atoms. The Labute approximate surface area is 219 Å². The summed E-state index contributed by atoms with van der Waals surface area (Å²) in [5.41, 5.74) is 3.16. The van der Waals surface area contributed by atoms with E-state index >= 15 is 0 Å². The van der Waals surface area contributed by atoms with Gasteiger partial charge in [-0.3, -0.25) is 4.79 Å². The number of Topliss-reactive ketones (excluding diaryl/α,β-unsaturated/α-hetero) is 1. The minimum Gasteiger partial charge on any atom is -0.303 e. The lowest BCUT2D eigenvalue weighted by Crippen LogP contribution is -2.41. The summed E-state index contributed by atoms with van der Waals surface area (Å²) in [6.45, 7) is 3.35. The van der Waals surface area contributed by atoms with Crippen molar-refractivity contribution in [2.24, 2.45) is 24.8 Å². The molecule has 5 rings (SSSR count). The largest absolute Gasteiger partial charge is 0.303 e. The number of hydrogen-bond acceptors (Lipinski definition) is 5. The Balaban J connectivity index is 1.18. The van der Waals surface area contributed by atoms with Gasteiger partial charge in [-0.25, -0.2) is 9.07 Å². The summed E-state index contributed by atoms with van der Waals surface area (Å²) in [5.74, 6) is 2.50. The van der Waals surface area contributed by atoms with Gasteiger partial charge >= 0.3 is 0 Å². The van der Waals surface area contributed by atoms with Crippen molar-refractivity contribution >= 4 is 5.78 Å². The molecule has 0 N–H and O–H groups in total. The van der Waals surface area contributed by atoms with E-state index in [-0.39, 0.29) is 5.82 Å². The standard InChI is InChI=1S/C30H38FN5O/c1-35-30(32-33-34-35)29-11-5-4-9-25(29)19-28(37)18-24-8-2-3-10-26(24)21-36-16-6-7-23(20-36)17-22-12-14-27(31)15-13-22/h4-5,9,11-15,23-24,26H,2-3,6-8,10,16-21H2,1H3/t23-,24-,26-/m0/s1. The first-order valence-electron chi connectivity index (χ1n) is 13.8. The van der Waals surface area contributed by atoms with Crippen molar-refractivity contribution in [2.75, 3.05) is 19.6 Å². The van der Waals surface area contributed by atoms with Crippen LogP contribution in [0.2, 0.25) is 0 Å². The molecule has 1 aliphatic carbocycles. The average molecular weight is 504 g/mol. The molecule has 0 radical (unpaired) electrons. The molecule has 2 fully saturated rings. The van der Waals surface area contributed by atoms with E-state index in [1.54, 1.807) is 16.8 Å². The second-order valence-corrected chi connectivity index (χ2v) is 11.1. The van der Waals surface area contributed by atoms with Crippen LogP contribution in [0, 0.1) is 23.6 Å². The van der Waals surface area contributed by atoms with E-state index in [1.165, 1.54) is 37.7 Å². The molecule has 0 amide bonds. The Bertz CT molecular complexity index is 1180. The van der Waals surface area contributed by atoms with Crippen LogP contribution < -0.4 is 0 Å². The van der Waals surface area contributed by atoms with Crippen molar-refractivity contribution in [1.82, 2.24) is 25.1 Å². The molecule has 1 saturated heterocycles. The van der Waals surface area contributed by atoms with Crippen LogP contribution in [0.3, 0.4) is 0 Å². The fourth-order valence-corrected chi connectivity index (χ4v) is 6.49. The molecule has 3 aromatic rings. The van der Waals surface area contributed by atoms with Crippen LogP contribution in [0.5, 0.6) is 0 Å². The van der Waals surface area contributed by atoms with E-state index in [9.17, 15) is 9.18 Å². The van der Waals surface area contributed by atoms with E-state index in [0.29, 0.717) is 42.2 Å². The van der Waals surface area contributed by atoms with Gasteiger partial charge < -0.3 is 4.90 Å². The number of aromatic nitrogens is 4. The Morgan fingerprint density at radius 3 is 2.57 bits per heavy atom. The van der Waals surface area contributed by atoms with Gasteiger partial charge in [0.2, 0.25) is 0 Å². The maximum absolute atomic E-state index is 13.3. The van der Waals surface area contributed by atoms with Gasteiger partial charge in [-0.05, 0) is 90.1 Å². The molecule has 196 valence electrons. The van der Waals surface area contributed by atoms with Gasteiger partial charge in [-0.15, -0.1) is 5.10 Å². The first-order chi connectivity index (χ1) is 18.0. The lowest BCUT2D eigenvalue weighted by atomic mass is 9.75. The van der Waals surface area contributed by atoms with E-state index in [1.807, 2.05) is 43.4 Å². The molecular formula is C30H38FN5O. The Hall–Kier alpha value is -2.93. The zero-order valence-corrected chi connectivity index (χ0v) is 21.9. The number of halogens is 1. The topological polar surface area (TPSA) is 63.9 Å². The second-order valence-electron chi connectivity index (χ2n) is 11.1. The zero-order valence-electron chi connectivity index (χ0n) is 21.9. The fourth-order valence-electron chi connectivity index (χ4n) is 6.49. The third-order valence-corrected chi connectivity index (χ3v) is 8.36. The zero-order chi connectivity index (χ0) is 25.6. The van der Waals surface area contributed by atoms with Crippen LogP contribution >= 0.6 is 0 Å². The highest BCUT2D eigenvalue weighted by molar-refractivity contribution is 5.83. The Morgan fingerprint density at radius 2 is 1.78 bits per heavy atom.